The van der Waals surface area contributed by atoms with Gasteiger partial charge in [0.1, 0.15) is 5.75 Å². The van der Waals surface area contributed by atoms with Gasteiger partial charge in [-0.15, -0.1) is 0 Å². The fraction of sp³-hybridized carbons (Fsp3) is 0.474. The highest BCUT2D eigenvalue weighted by atomic mass is 16.3. The number of hydrogen-bond donors (Lipinski definition) is 1. The molecule has 1 N–H and O–H groups in total. The summed E-state index contributed by atoms with van der Waals surface area (Å²) in [5, 5.41) is 9.99. The van der Waals surface area contributed by atoms with Crippen LogP contribution in [0.15, 0.2) is 41.2 Å². The third-order valence-corrected chi connectivity index (χ3v) is 4.73. The highest BCUT2D eigenvalue weighted by Gasteiger charge is 2.25. The topological polar surface area (TPSA) is 36.6 Å². The molecular weight excluding hydrogens is 274 g/mol. The van der Waals surface area contributed by atoms with Crippen molar-refractivity contribution in [1.82, 2.24) is 4.90 Å². The standard InChI is InChI=1S/C19H25NO2/c1-2-10-20(11-8-15-9-12-22-14-15)17-6-7-18-16(13-17)4-3-5-19(18)21/h3-5,9,12,14,17,21H,2,6-8,10-11,13H2,1H3. The molecule has 0 spiro atoms. The summed E-state index contributed by atoms with van der Waals surface area (Å²) < 4.78 is 5.17. The van der Waals surface area contributed by atoms with Crippen LogP contribution in [0.1, 0.15) is 36.5 Å². The maximum absolute atomic E-state index is 9.99. The average Bonchev–Trinajstić information content (AvgIpc) is 3.05. The summed E-state index contributed by atoms with van der Waals surface area (Å²) in [7, 11) is 0. The fourth-order valence-corrected chi connectivity index (χ4v) is 3.55. The van der Waals surface area contributed by atoms with Gasteiger partial charge in [0.05, 0.1) is 12.5 Å². The predicted octanol–water partition coefficient (Wildman–Crippen LogP) is 3.80. The molecule has 3 nitrogen and oxygen atoms in total. The molecule has 1 unspecified atom stereocenters. The van der Waals surface area contributed by atoms with E-state index in [0.29, 0.717) is 11.8 Å². The molecule has 1 atom stereocenters. The molecule has 1 aromatic heterocycles. The van der Waals surface area contributed by atoms with Crippen molar-refractivity contribution in [3.05, 3.63) is 53.5 Å². The number of aromatic hydroxyl groups is 1. The third kappa shape index (κ3) is 3.36. The van der Waals surface area contributed by atoms with Gasteiger partial charge in [-0.25, -0.2) is 0 Å². The molecule has 22 heavy (non-hydrogen) atoms. The summed E-state index contributed by atoms with van der Waals surface area (Å²) in [6, 6.07) is 8.58. The normalized spacial score (nSPS) is 17.6. The number of phenols is 1. The van der Waals surface area contributed by atoms with Gasteiger partial charge >= 0.3 is 0 Å². The lowest BCUT2D eigenvalue weighted by Gasteiger charge is -2.35. The molecule has 118 valence electrons. The summed E-state index contributed by atoms with van der Waals surface area (Å²) in [5.41, 5.74) is 3.75. The van der Waals surface area contributed by atoms with Crippen molar-refractivity contribution in [3.63, 3.8) is 0 Å². The maximum Gasteiger partial charge on any atom is 0.119 e. The van der Waals surface area contributed by atoms with E-state index in [2.05, 4.69) is 24.0 Å². The van der Waals surface area contributed by atoms with E-state index in [1.807, 2.05) is 18.4 Å². The molecule has 0 saturated heterocycles. The molecule has 3 heteroatoms. The Kier molecular flexibility index (Phi) is 4.84. The molecule has 0 radical (unpaired) electrons. The third-order valence-electron chi connectivity index (χ3n) is 4.73. The lowest BCUT2D eigenvalue weighted by molar-refractivity contribution is 0.181. The highest BCUT2D eigenvalue weighted by molar-refractivity contribution is 5.41. The van der Waals surface area contributed by atoms with Crippen molar-refractivity contribution in [2.75, 3.05) is 13.1 Å². The highest BCUT2D eigenvalue weighted by Crippen LogP contribution is 2.30. The summed E-state index contributed by atoms with van der Waals surface area (Å²) in [4.78, 5) is 2.61. The van der Waals surface area contributed by atoms with Crippen LogP contribution in [0.25, 0.3) is 0 Å². The van der Waals surface area contributed by atoms with Crippen molar-refractivity contribution in [2.24, 2.45) is 0 Å². The van der Waals surface area contributed by atoms with Gasteiger partial charge in [0.15, 0.2) is 0 Å². The van der Waals surface area contributed by atoms with Gasteiger partial charge in [-0.05, 0) is 67.5 Å². The van der Waals surface area contributed by atoms with Gasteiger partial charge in [-0.1, -0.05) is 19.1 Å². The number of rotatable bonds is 6. The fourth-order valence-electron chi connectivity index (χ4n) is 3.55. The zero-order valence-corrected chi connectivity index (χ0v) is 13.3. The molecule has 0 amide bonds. The summed E-state index contributed by atoms with van der Waals surface area (Å²) in [6.07, 6.45) is 8.98. The number of phenolic OH excluding ortho intramolecular Hbond substituents is 1. The second-order valence-electron chi connectivity index (χ2n) is 6.23. The van der Waals surface area contributed by atoms with E-state index >= 15 is 0 Å². The molecule has 1 aromatic carbocycles. The summed E-state index contributed by atoms with van der Waals surface area (Å²) in [5.74, 6) is 0.469. The van der Waals surface area contributed by atoms with Gasteiger partial charge in [-0.3, -0.25) is 4.90 Å². The lowest BCUT2D eigenvalue weighted by atomic mass is 9.86. The minimum absolute atomic E-state index is 0.469. The first-order valence-electron chi connectivity index (χ1n) is 8.32. The molecular formula is C19H25NO2. The number of hydrogen-bond acceptors (Lipinski definition) is 3. The number of nitrogens with zero attached hydrogens (tertiary/aromatic N) is 1. The predicted molar refractivity (Wildman–Crippen MR) is 88.2 cm³/mol. The van der Waals surface area contributed by atoms with E-state index < -0.39 is 0 Å². The molecule has 1 aliphatic rings. The number of furan rings is 1. The van der Waals surface area contributed by atoms with Crippen LogP contribution < -0.4 is 0 Å². The molecule has 0 saturated carbocycles. The smallest absolute Gasteiger partial charge is 0.119 e. The van der Waals surface area contributed by atoms with Crippen LogP contribution in [-0.2, 0) is 19.3 Å². The molecule has 0 aliphatic heterocycles. The Morgan fingerprint density at radius 2 is 2.18 bits per heavy atom. The van der Waals surface area contributed by atoms with E-state index in [1.54, 1.807) is 6.26 Å². The second kappa shape index (κ2) is 7.01. The zero-order chi connectivity index (χ0) is 15.4. The monoisotopic (exact) mass is 299 g/mol. The summed E-state index contributed by atoms with van der Waals surface area (Å²) >= 11 is 0. The van der Waals surface area contributed by atoms with Crippen LogP contribution in [0.4, 0.5) is 0 Å². The van der Waals surface area contributed by atoms with Crippen molar-refractivity contribution in [3.8, 4) is 5.75 Å². The average molecular weight is 299 g/mol. The van der Waals surface area contributed by atoms with Crippen LogP contribution >= 0.6 is 0 Å². The van der Waals surface area contributed by atoms with Gasteiger partial charge in [0.25, 0.3) is 0 Å². The first-order valence-corrected chi connectivity index (χ1v) is 8.32. The van der Waals surface area contributed by atoms with Crippen LogP contribution in [0.2, 0.25) is 0 Å². The molecule has 0 fully saturated rings. The largest absolute Gasteiger partial charge is 0.508 e. The van der Waals surface area contributed by atoms with Gasteiger partial charge in [0.2, 0.25) is 0 Å². The van der Waals surface area contributed by atoms with Crippen LogP contribution in [0.3, 0.4) is 0 Å². The van der Waals surface area contributed by atoms with E-state index in [4.69, 9.17) is 4.42 Å². The Balaban J connectivity index is 1.67. The quantitative estimate of drug-likeness (QED) is 0.881. The Hall–Kier alpha value is -1.74. The van der Waals surface area contributed by atoms with E-state index in [9.17, 15) is 5.11 Å². The van der Waals surface area contributed by atoms with Crippen molar-refractivity contribution >= 4 is 0 Å². The van der Waals surface area contributed by atoms with E-state index in [-0.39, 0.29) is 0 Å². The van der Waals surface area contributed by atoms with Crippen molar-refractivity contribution in [2.45, 2.75) is 45.1 Å². The molecule has 0 bridgehead atoms. The minimum Gasteiger partial charge on any atom is -0.508 e. The number of fused-ring (bicyclic) bond motifs is 1. The second-order valence-corrected chi connectivity index (χ2v) is 6.23. The van der Waals surface area contributed by atoms with Gasteiger partial charge in [0, 0.05) is 12.6 Å². The molecule has 2 aromatic rings. The van der Waals surface area contributed by atoms with Crippen molar-refractivity contribution in [1.29, 1.82) is 0 Å². The molecule has 3 rings (SSSR count). The van der Waals surface area contributed by atoms with Gasteiger partial charge < -0.3 is 9.52 Å². The Morgan fingerprint density at radius 1 is 1.27 bits per heavy atom. The molecule has 1 heterocycles. The Morgan fingerprint density at radius 3 is 2.95 bits per heavy atom. The Labute approximate surface area is 132 Å². The van der Waals surface area contributed by atoms with E-state index in [1.165, 1.54) is 17.5 Å². The van der Waals surface area contributed by atoms with Crippen LogP contribution in [-0.4, -0.2) is 29.1 Å². The van der Waals surface area contributed by atoms with Crippen LogP contribution in [0, 0.1) is 0 Å². The first-order chi connectivity index (χ1) is 10.8. The minimum atomic E-state index is 0.469. The number of benzene rings is 1. The van der Waals surface area contributed by atoms with Crippen molar-refractivity contribution < 1.29 is 9.52 Å². The van der Waals surface area contributed by atoms with E-state index in [0.717, 1.165) is 44.3 Å². The summed E-state index contributed by atoms with van der Waals surface area (Å²) in [6.45, 7) is 4.45. The lowest BCUT2D eigenvalue weighted by Crippen LogP contribution is -2.41. The Bertz CT molecular complexity index is 591. The molecule has 1 aliphatic carbocycles. The first kappa shape index (κ1) is 15.2. The SMILES string of the molecule is CCCN(CCc1ccoc1)C1CCc2c(O)cccc2C1. The zero-order valence-electron chi connectivity index (χ0n) is 13.3. The maximum atomic E-state index is 9.99. The van der Waals surface area contributed by atoms with Gasteiger partial charge in [-0.2, -0.15) is 0 Å². The van der Waals surface area contributed by atoms with Crippen LogP contribution in [0.5, 0.6) is 5.75 Å².